The van der Waals surface area contributed by atoms with E-state index in [9.17, 15) is 4.79 Å². The molecule has 0 atom stereocenters. The number of benzene rings is 1. The van der Waals surface area contributed by atoms with Crippen LogP contribution in [-0.2, 0) is 13.5 Å². The van der Waals surface area contributed by atoms with Crippen molar-refractivity contribution in [2.45, 2.75) is 13.3 Å². The molecular weight excluding hydrogens is 254 g/mol. The van der Waals surface area contributed by atoms with Crippen LogP contribution in [0.4, 0.5) is 0 Å². The minimum Gasteiger partial charge on any atom is -0.294 e. The number of para-hydroxylation sites is 1. The molecule has 2 aromatic heterocycles. The highest BCUT2D eigenvalue weighted by atomic mass is 16.1. The first-order valence-corrected chi connectivity index (χ1v) is 6.26. The summed E-state index contributed by atoms with van der Waals surface area (Å²) < 4.78 is 0. The van der Waals surface area contributed by atoms with Crippen molar-refractivity contribution in [3.8, 4) is 0 Å². The van der Waals surface area contributed by atoms with Gasteiger partial charge in [0.1, 0.15) is 0 Å². The molecule has 0 saturated carbocycles. The number of aromatic nitrogens is 5. The quantitative estimate of drug-likeness (QED) is 0.672. The van der Waals surface area contributed by atoms with Gasteiger partial charge in [-0.2, -0.15) is 4.80 Å². The Labute approximate surface area is 115 Å². The fourth-order valence-corrected chi connectivity index (χ4v) is 2.17. The standard InChI is InChI=1S/C14H13N5O/c1-9-7-11(10-5-3-4-6-12(10)15-9)13(20)8-14-16-18-19(2)17-14/h3-7H,8H2,1-2H3. The van der Waals surface area contributed by atoms with Gasteiger partial charge in [-0.05, 0) is 24.3 Å². The summed E-state index contributed by atoms with van der Waals surface area (Å²) in [5, 5.41) is 12.5. The van der Waals surface area contributed by atoms with Gasteiger partial charge in [0.15, 0.2) is 11.6 Å². The summed E-state index contributed by atoms with van der Waals surface area (Å²) >= 11 is 0. The molecule has 0 aliphatic heterocycles. The molecule has 0 spiro atoms. The lowest BCUT2D eigenvalue weighted by molar-refractivity contribution is 0.0992. The lowest BCUT2D eigenvalue weighted by Crippen LogP contribution is -2.07. The summed E-state index contributed by atoms with van der Waals surface area (Å²) in [6.07, 6.45) is 0.140. The second-order valence-corrected chi connectivity index (χ2v) is 4.62. The van der Waals surface area contributed by atoms with Gasteiger partial charge >= 0.3 is 0 Å². The van der Waals surface area contributed by atoms with E-state index < -0.39 is 0 Å². The van der Waals surface area contributed by atoms with Crippen molar-refractivity contribution in [3.63, 3.8) is 0 Å². The van der Waals surface area contributed by atoms with Crippen LogP contribution in [0.5, 0.6) is 0 Å². The third-order valence-electron chi connectivity index (χ3n) is 3.01. The van der Waals surface area contributed by atoms with Crippen LogP contribution in [0.3, 0.4) is 0 Å². The molecule has 0 aliphatic rings. The number of Topliss-reactive ketones (excluding diaryl/α,β-unsaturated/α-hetero) is 1. The van der Waals surface area contributed by atoms with Gasteiger partial charge in [0.25, 0.3) is 0 Å². The maximum Gasteiger partial charge on any atom is 0.182 e. The highest BCUT2D eigenvalue weighted by Crippen LogP contribution is 2.19. The van der Waals surface area contributed by atoms with Gasteiger partial charge in [0.05, 0.1) is 19.0 Å². The van der Waals surface area contributed by atoms with Crippen molar-refractivity contribution in [2.75, 3.05) is 0 Å². The summed E-state index contributed by atoms with van der Waals surface area (Å²) in [6.45, 7) is 1.88. The zero-order valence-electron chi connectivity index (χ0n) is 11.2. The van der Waals surface area contributed by atoms with E-state index in [0.29, 0.717) is 11.4 Å². The minimum atomic E-state index is -0.0281. The molecule has 0 amide bonds. The molecule has 0 aliphatic carbocycles. The van der Waals surface area contributed by atoms with E-state index in [4.69, 9.17) is 0 Å². The number of fused-ring (bicyclic) bond motifs is 1. The smallest absolute Gasteiger partial charge is 0.182 e. The van der Waals surface area contributed by atoms with Crippen LogP contribution in [0.1, 0.15) is 21.9 Å². The zero-order chi connectivity index (χ0) is 14.1. The number of hydrogen-bond acceptors (Lipinski definition) is 5. The van der Waals surface area contributed by atoms with E-state index in [2.05, 4.69) is 20.4 Å². The molecule has 3 rings (SSSR count). The Morgan fingerprint density at radius 2 is 2.10 bits per heavy atom. The molecule has 100 valence electrons. The molecule has 0 bridgehead atoms. The number of aryl methyl sites for hydroxylation is 2. The number of hydrogen-bond donors (Lipinski definition) is 0. The average Bonchev–Trinajstić information content (AvgIpc) is 2.83. The molecule has 0 saturated heterocycles. The Bertz CT molecular complexity index is 793. The maximum atomic E-state index is 12.4. The van der Waals surface area contributed by atoms with E-state index in [-0.39, 0.29) is 12.2 Å². The molecule has 20 heavy (non-hydrogen) atoms. The first-order chi connectivity index (χ1) is 9.63. The van der Waals surface area contributed by atoms with Crippen LogP contribution in [0.2, 0.25) is 0 Å². The number of ketones is 1. The highest BCUT2D eigenvalue weighted by molar-refractivity contribution is 6.07. The number of carbonyl (C=O) groups excluding carboxylic acids is 1. The van der Waals surface area contributed by atoms with Crippen LogP contribution < -0.4 is 0 Å². The summed E-state index contributed by atoms with van der Waals surface area (Å²) in [6, 6.07) is 9.42. The van der Waals surface area contributed by atoms with Crippen LogP contribution in [0.25, 0.3) is 10.9 Å². The molecule has 0 N–H and O–H groups in total. The Morgan fingerprint density at radius 3 is 2.85 bits per heavy atom. The van der Waals surface area contributed by atoms with Crippen molar-refractivity contribution in [1.82, 2.24) is 25.2 Å². The second-order valence-electron chi connectivity index (χ2n) is 4.62. The predicted octanol–water partition coefficient (Wildman–Crippen LogP) is 1.49. The second kappa shape index (κ2) is 4.80. The van der Waals surface area contributed by atoms with E-state index in [1.807, 2.05) is 31.2 Å². The topological polar surface area (TPSA) is 73.6 Å². The fraction of sp³-hybridized carbons (Fsp3) is 0.214. The van der Waals surface area contributed by atoms with Gasteiger partial charge in [0.2, 0.25) is 0 Å². The number of tetrazole rings is 1. The van der Waals surface area contributed by atoms with Crippen LogP contribution in [0.15, 0.2) is 30.3 Å². The molecule has 0 fully saturated rings. The molecular formula is C14H13N5O. The molecule has 6 nitrogen and oxygen atoms in total. The normalized spacial score (nSPS) is 10.9. The first kappa shape index (κ1) is 12.4. The fourth-order valence-electron chi connectivity index (χ4n) is 2.17. The van der Waals surface area contributed by atoms with Gasteiger partial charge in [-0.15, -0.1) is 10.2 Å². The molecule has 1 aromatic carbocycles. The van der Waals surface area contributed by atoms with Crippen LogP contribution in [0, 0.1) is 6.92 Å². The van der Waals surface area contributed by atoms with Gasteiger partial charge in [-0.1, -0.05) is 18.2 Å². The van der Waals surface area contributed by atoms with E-state index in [1.54, 1.807) is 13.1 Å². The van der Waals surface area contributed by atoms with Crippen molar-refractivity contribution in [3.05, 3.63) is 47.4 Å². The van der Waals surface area contributed by atoms with Crippen molar-refractivity contribution >= 4 is 16.7 Å². The summed E-state index contributed by atoms with van der Waals surface area (Å²) in [5.74, 6) is 0.399. The van der Waals surface area contributed by atoms with Crippen molar-refractivity contribution in [1.29, 1.82) is 0 Å². The Morgan fingerprint density at radius 1 is 1.30 bits per heavy atom. The number of rotatable bonds is 3. The number of pyridine rings is 1. The van der Waals surface area contributed by atoms with Gasteiger partial charge < -0.3 is 0 Å². The maximum absolute atomic E-state index is 12.4. The third-order valence-corrected chi connectivity index (χ3v) is 3.01. The minimum absolute atomic E-state index is 0.0281. The molecule has 3 aromatic rings. The average molecular weight is 267 g/mol. The monoisotopic (exact) mass is 267 g/mol. The van der Waals surface area contributed by atoms with Gasteiger partial charge in [-0.25, -0.2) is 0 Å². The SMILES string of the molecule is Cc1cc(C(=O)Cc2nnn(C)n2)c2ccccc2n1. The largest absolute Gasteiger partial charge is 0.294 e. The summed E-state index contributed by atoms with van der Waals surface area (Å²) in [7, 11) is 1.67. The molecule has 0 radical (unpaired) electrons. The Hall–Kier alpha value is -2.63. The van der Waals surface area contributed by atoms with Crippen molar-refractivity contribution in [2.24, 2.45) is 7.05 Å². The summed E-state index contributed by atoms with van der Waals surface area (Å²) in [4.78, 5) is 18.2. The first-order valence-electron chi connectivity index (χ1n) is 6.26. The van der Waals surface area contributed by atoms with Crippen LogP contribution >= 0.6 is 0 Å². The van der Waals surface area contributed by atoms with Gasteiger partial charge in [-0.3, -0.25) is 9.78 Å². The Kier molecular flexibility index (Phi) is 2.98. The van der Waals surface area contributed by atoms with Gasteiger partial charge in [0, 0.05) is 16.6 Å². The number of carbonyl (C=O) groups is 1. The highest BCUT2D eigenvalue weighted by Gasteiger charge is 2.14. The molecule has 0 unspecified atom stereocenters. The lowest BCUT2D eigenvalue weighted by Gasteiger charge is -2.05. The Balaban J connectivity index is 2.02. The third kappa shape index (κ3) is 2.27. The number of nitrogens with zero attached hydrogens (tertiary/aromatic N) is 5. The van der Waals surface area contributed by atoms with Crippen molar-refractivity contribution < 1.29 is 4.79 Å². The van der Waals surface area contributed by atoms with E-state index in [0.717, 1.165) is 16.6 Å². The summed E-state index contributed by atoms with van der Waals surface area (Å²) in [5.41, 5.74) is 2.29. The molecule has 6 heteroatoms. The van der Waals surface area contributed by atoms with E-state index in [1.165, 1.54) is 4.80 Å². The predicted molar refractivity (Wildman–Crippen MR) is 73.3 cm³/mol. The van der Waals surface area contributed by atoms with E-state index >= 15 is 0 Å². The molecule has 2 heterocycles. The lowest BCUT2D eigenvalue weighted by atomic mass is 10.0. The zero-order valence-corrected chi connectivity index (χ0v) is 11.2. The van der Waals surface area contributed by atoms with Crippen LogP contribution in [-0.4, -0.2) is 31.0 Å².